The van der Waals surface area contributed by atoms with Crippen LogP contribution in [0.25, 0.3) is 0 Å². The molecule has 30 heavy (non-hydrogen) atoms. The molecular weight excluding hydrogens is 376 g/mol. The highest BCUT2D eigenvalue weighted by Gasteiger charge is 2.28. The zero-order valence-corrected chi connectivity index (χ0v) is 18.2. The van der Waals surface area contributed by atoms with Crippen molar-refractivity contribution in [3.63, 3.8) is 0 Å². The van der Waals surface area contributed by atoms with Gasteiger partial charge in [-0.05, 0) is 82.9 Å². The lowest BCUT2D eigenvalue weighted by atomic mass is 10.1. The fourth-order valence-corrected chi connectivity index (χ4v) is 3.57. The number of carbonyl (C=O) groups excluding carboxylic acids is 1. The summed E-state index contributed by atoms with van der Waals surface area (Å²) in [7, 11) is 0. The largest absolute Gasteiger partial charge is 0.442 e. The molecule has 1 aliphatic heterocycles. The monoisotopic (exact) mass is 406 g/mol. The maximum Gasteiger partial charge on any atom is 0.434 e. The number of ether oxygens (including phenoxy) is 1. The normalized spacial score (nSPS) is 14.0. The number of aryl methyl sites for hydroxylation is 1. The molecule has 0 aromatic heterocycles. The predicted octanol–water partition coefficient (Wildman–Crippen LogP) is 5.63. The minimum atomic E-state index is -0.629. The molecule has 0 aliphatic carbocycles. The SMILES string of the molecule is Cc1cccc(N2CCCCC2)c1N(Nc1ccc(C#N)cc1)C(=O)OC(C)(C)C. The van der Waals surface area contributed by atoms with Crippen LogP contribution in [0.15, 0.2) is 42.5 Å². The van der Waals surface area contributed by atoms with Gasteiger partial charge in [-0.1, -0.05) is 12.1 Å². The van der Waals surface area contributed by atoms with Crippen molar-refractivity contribution in [1.82, 2.24) is 0 Å². The van der Waals surface area contributed by atoms with Crippen LogP contribution < -0.4 is 15.3 Å². The molecule has 3 rings (SSSR count). The fraction of sp³-hybridized carbons (Fsp3) is 0.417. The zero-order chi connectivity index (χ0) is 21.7. The lowest BCUT2D eigenvalue weighted by molar-refractivity contribution is 0.0589. The summed E-state index contributed by atoms with van der Waals surface area (Å²) < 4.78 is 5.72. The molecule has 1 fully saturated rings. The second kappa shape index (κ2) is 9.08. The van der Waals surface area contributed by atoms with Crippen LogP contribution in [0.4, 0.5) is 21.9 Å². The third-order valence-electron chi connectivity index (χ3n) is 4.97. The van der Waals surface area contributed by atoms with Crippen molar-refractivity contribution in [2.45, 2.75) is 52.6 Å². The molecule has 2 aromatic carbocycles. The van der Waals surface area contributed by atoms with Crippen LogP contribution in [0.1, 0.15) is 51.2 Å². The summed E-state index contributed by atoms with van der Waals surface area (Å²) in [4.78, 5) is 15.6. The second-order valence-corrected chi connectivity index (χ2v) is 8.61. The third kappa shape index (κ3) is 5.24. The van der Waals surface area contributed by atoms with E-state index in [0.29, 0.717) is 11.3 Å². The molecule has 0 spiro atoms. The predicted molar refractivity (Wildman–Crippen MR) is 121 cm³/mol. The van der Waals surface area contributed by atoms with Crippen LogP contribution in [-0.4, -0.2) is 24.8 Å². The maximum absolute atomic E-state index is 13.2. The van der Waals surface area contributed by atoms with Gasteiger partial charge in [0.1, 0.15) is 5.60 Å². The van der Waals surface area contributed by atoms with E-state index >= 15 is 0 Å². The Kier molecular flexibility index (Phi) is 6.51. The topological polar surface area (TPSA) is 68.6 Å². The Bertz CT molecular complexity index is 920. The average Bonchev–Trinajstić information content (AvgIpc) is 2.72. The lowest BCUT2D eigenvalue weighted by Gasteiger charge is -2.35. The number of carbonyl (C=O) groups is 1. The van der Waals surface area contributed by atoms with E-state index < -0.39 is 11.7 Å². The molecular formula is C24H30N4O2. The smallest absolute Gasteiger partial charge is 0.434 e. The molecule has 0 atom stereocenters. The maximum atomic E-state index is 13.2. The van der Waals surface area contributed by atoms with Gasteiger partial charge in [-0.2, -0.15) is 10.3 Å². The molecule has 1 heterocycles. The molecule has 0 saturated carbocycles. The van der Waals surface area contributed by atoms with Gasteiger partial charge in [0.05, 0.1) is 28.7 Å². The molecule has 6 nitrogen and oxygen atoms in total. The Hall–Kier alpha value is -3.20. The summed E-state index contributed by atoms with van der Waals surface area (Å²) in [5.74, 6) is 0. The quantitative estimate of drug-likeness (QED) is 0.667. The number of hydrogen-bond acceptors (Lipinski definition) is 5. The first-order valence-electron chi connectivity index (χ1n) is 10.4. The van der Waals surface area contributed by atoms with Gasteiger partial charge in [-0.25, -0.2) is 4.79 Å². The number of amides is 1. The standard InChI is InChI=1S/C24H30N4O2/c1-18-9-8-10-21(27-15-6-5-7-16-27)22(18)28(23(29)30-24(2,3)4)26-20-13-11-19(17-25)12-14-20/h8-14,26H,5-7,15-16H2,1-4H3. The van der Waals surface area contributed by atoms with Crippen LogP contribution in [-0.2, 0) is 4.74 Å². The molecule has 1 amide bonds. The minimum absolute atomic E-state index is 0.473. The van der Waals surface area contributed by atoms with E-state index in [1.807, 2.05) is 39.8 Å². The van der Waals surface area contributed by atoms with Gasteiger partial charge in [0.2, 0.25) is 0 Å². The summed E-state index contributed by atoms with van der Waals surface area (Å²) in [5.41, 5.74) is 6.63. The highest BCUT2D eigenvalue weighted by Crippen LogP contribution is 2.35. The summed E-state index contributed by atoms with van der Waals surface area (Å²) in [6.07, 6.45) is 3.04. The highest BCUT2D eigenvalue weighted by molar-refractivity contribution is 5.96. The van der Waals surface area contributed by atoms with Crippen molar-refractivity contribution in [3.05, 3.63) is 53.6 Å². The zero-order valence-electron chi connectivity index (χ0n) is 18.2. The molecule has 0 unspecified atom stereocenters. The number of anilines is 3. The van der Waals surface area contributed by atoms with E-state index in [1.165, 1.54) is 11.4 Å². The van der Waals surface area contributed by atoms with Crippen molar-refractivity contribution in [3.8, 4) is 6.07 Å². The first kappa shape index (κ1) is 21.5. The van der Waals surface area contributed by atoms with Crippen LogP contribution in [0, 0.1) is 18.3 Å². The number of nitrogens with zero attached hydrogens (tertiary/aromatic N) is 3. The Morgan fingerprint density at radius 1 is 1.10 bits per heavy atom. The van der Waals surface area contributed by atoms with Gasteiger partial charge in [-0.15, -0.1) is 0 Å². The number of piperidine rings is 1. The highest BCUT2D eigenvalue weighted by atomic mass is 16.6. The summed E-state index contributed by atoms with van der Waals surface area (Å²) >= 11 is 0. The van der Waals surface area contributed by atoms with E-state index in [1.54, 1.807) is 24.3 Å². The Balaban J connectivity index is 2.02. The van der Waals surface area contributed by atoms with Crippen LogP contribution in [0.5, 0.6) is 0 Å². The van der Waals surface area contributed by atoms with Gasteiger partial charge in [0, 0.05) is 13.1 Å². The van der Waals surface area contributed by atoms with Crippen LogP contribution in [0.2, 0.25) is 0 Å². The molecule has 1 N–H and O–H groups in total. The number of nitriles is 1. The van der Waals surface area contributed by atoms with Gasteiger partial charge in [0.25, 0.3) is 0 Å². The Labute approximate surface area is 179 Å². The molecule has 0 bridgehead atoms. The van der Waals surface area contributed by atoms with Crippen molar-refractivity contribution < 1.29 is 9.53 Å². The number of nitrogens with one attached hydrogen (secondary N) is 1. The summed E-state index contributed by atoms with van der Waals surface area (Å²) in [6, 6.07) is 15.2. The molecule has 158 valence electrons. The van der Waals surface area contributed by atoms with E-state index in [4.69, 9.17) is 10.00 Å². The molecule has 1 saturated heterocycles. The van der Waals surface area contributed by atoms with Crippen molar-refractivity contribution in [2.75, 3.05) is 28.4 Å². The average molecular weight is 407 g/mol. The number of hydrogen-bond donors (Lipinski definition) is 1. The second-order valence-electron chi connectivity index (χ2n) is 8.61. The van der Waals surface area contributed by atoms with E-state index in [0.717, 1.165) is 42.9 Å². The Morgan fingerprint density at radius 3 is 2.37 bits per heavy atom. The first-order chi connectivity index (χ1) is 14.3. The van der Waals surface area contributed by atoms with Crippen molar-refractivity contribution in [2.24, 2.45) is 0 Å². The van der Waals surface area contributed by atoms with Crippen LogP contribution >= 0.6 is 0 Å². The Morgan fingerprint density at radius 2 is 1.77 bits per heavy atom. The minimum Gasteiger partial charge on any atom is -0.442 e. The van der Waals surface area contributed by atoms with E-state index in [2.05, 4.69) is 22.5 Å². The van der Waals surface area contributed by atoms with E-state index in [9.17, 15) is 4.79 Å². The molecule has 1 aliphatic rings. The molecule has 2 aromatic rings. The summed E-state index contributed by atoms with van der Waals surface area (Å²) in [5, 5.41) is 10.6. The van der Waals surface area contributed by atoms with Crippen molar-refractivity contribution in [1.29, 1.82) is 5.26 Å². The third-order valence-corrected chi connectivity index (χ3v) is 4.97. The van der Waals surface area contributed by atoms with Crippen LogP contribution in [0.3, 0.4) is 0 Å². The fourth-order valence-electron chi connectivity index (χ4n) is 3.57. The number of rotatable bonds is 4. The molecule has 6 heteroatoms. The van der Waals surface area contributed by atoms with Crippen molar-refractivity contribution >= 4 is 23.2 Å². The number of hydrazine groups is 1. The van der Waals surface area contributed by atoms with Gasteiger partial charge < -0.3 is 9.64 Å². The summed E-state index contributed by atoms with van der Waals surface area (Å²) in [6.45, 7) is 9.50. The van der Waals surface area contributed by atoms with E-state index in [-0.39, 0.29) is 0 Å². The van der Waals surface area contributed by atoms with Gasteiger partial charge in [-0.3, -0.25) is 5.43 Å². The first-order valence-corrected chi connectivity index (χ1v) is 10.4. The van der Waals surface area contributed by atoms with Gasteiger partial charge >= 0.3 is 6.09 Å². The number of para-hydroxylation sites is 1. The molecule has 0 radical (unpaired) electrons. The number of benzene rings is 2. The lowest BCUT2D eigenvalue weighted by Crippen LogP contribution is -2.42. The van der Waals surface area contributed by atoms with Gasteiger partial charge in [0.15, 0.2) is 0 Å².